The third kappa shape index (κ3) is 1.91. The molecular formula is C15H13N3. The fraction of sp³-hybridized carbons (Fsp3) is 0.0667. The van der Waals surface area contributed by atoms with Gasteiger partial charge in [-0.25, -0.2) is 9.97 Å². The lowest BCUT2D eigenvalue weighted by Gasteiger charge is -2.04. The van der Waals surface area contributed by atoms with Crippen LogP contribution in [0.2, 0.25) is 0 Å². The molecule has 0 atom stereocenters. The van der Waals surface area contributed by atoms with Gasteiger partial charge in [0.15, 0.2) is 0 Å². The molecule has 3 heteroatoms. The third-order valence-electron chi connectivity index (χ3n) is 2.87. The topological polar surface area (TPSA) is 37.8 Å². The lowest BCUT2D eigenvalue weighted by molar-refractivity contribution is 1.25. The van der Waals surface area contributed by atoms with E-state index in [4.69, 9.17) is 0 Å². The zero-order valence-electron chi connectivity index (χ0n) is 10.1. The molecule has 88 valence electrons. The molecule has 0 unspecified atom stereocenters. The largest absolute Gasteiger partial charge is 0.373 e. The molecular weight excluding hydrogens is 222 g/mol. The Balaban J connectivity index is 2.13. The second kappa shape index (κ2) is 4.45. The van der Waals surface area contributed by atoms with E-state index in [1.807, 2.05) is 49.5 Å². The zero-order valence-corrected chi connectivity index (χ0v) is 10.1. The van der Waals surface area contributed by atoms with Gasteiger partial charge in [-0.05, 0) is 24.3 Å². The van der Waals surface area contributed by atoms with Crippen LogP contribution in [0.3, 0.4) is 0 Å². The van der Waals surface area contributed by atoms with Crippen LogP contribution in [0.4, 0.5) is 5.82 Å². The second-order valence-electron chi connectivity index (χ2n) is 4.05. The van der Waals surface area contributed by atoms with Crippen LogP contribution in [0.1, 0.15) is 0 Å². The summed E-state index contributed by atoms with van der Waals surface area (Å²) in [6.45, 7) is 0. The summed E-state index contributed by atoms with van der Waals surface area (Å²) in [4.78, 5) is 9.13. The van der Waals surface area contributed by atoms with Crippen LogP contribution < -0.4 is 5.32 Å². The highest BCUT2D eigenvalue weighted by Gasteiger charge is 2.03. The van der Waals surface area contributed by atoms with Crippen molar-refractivity contribution in [2.24, 2.45) is 0 Å². The van der Waals surface area contributed by atoms with Gasteiger partial charge in [-0.15, -0.1) is 0 Å². The molecule has 0 saturated carbocycles. The Bertz CT molecular complexity index is 692. The molecule has 1 N–H and O–H groups in total. The average molecular weight is 235 g/mol. The normalized spacial score (nSPS) is 10.5. The van der Waals surface area contributed by atoms with E-state index in [0.717, 1.165) is 28.1 Å². The van der Waals surface area contributed by atoms with Crippen LogP contribution in [0, 0.1) is 0 Å². The van der Waals surface area contributed by atoms with E-state index in [9.17, 15) is 0 Å². The molecule has 2 heterocycles. The average Bonchev–Trinajstić information content (AvgIpc) is 2.47. The Labute approximate surface area is 106 Å². The molecule has 3 nitrogen and oxygen atoms in total. The number of aromatic nitrogens is 2. The van der Waals surface area contributed by atoms with Gasteiger partial charge in [0.2, 0.25) is 0 Å². The maximum Gasteiger partial charge on any atom is 0.126 e. The van der Waals surface area contributed by atoms with E-state index in [0.29, 0.717) is 0 Å². The summed E-state index contributed by atoms with van der Waals surface area (Å²) in [5, 5.41) is 4.18. The number of pyridine rings is 2. The highest BCUT2D eigenvalue weighted by atomic mass is 15.0. The van der Waals surface area contributed by atoms with Gasteiger partial charge in [-0.2, -0.15) is 0 Å². The van der Waals surface area contributed by atoms with Crippen molar-refractivity contribution >= 4 is 16.7 Å². The monoisotopic (exact) mass is 235 g/mol. The summed E-state index contributed by atoms with van der Waals surface area (Å²) >= 11 is 0. The Morgan fingerprint density at radius 2 is 1.61 bits per heavy atom. The summed E-state index contributed by atoms with van der Waals surface area (Å²) in [5.74, 6) is 0.849. The number of hydrogen-bond donors (Lipinski definition) is 1. The maximum absolute atomic E-state index is 4.63. The Hall–Kier alpha value is -2.42. The number of rotatable bonds is 2. The smallest absolute Gasteiger partial charge is 0.126 e. The van der Waals surface area contributed by atoms with E-state index >= 15 is 0 Å². The van der Waals surface area contributed by atoms with Crippen LogP contribution in [0.15, 0.2) is 54.6 Å². The number of nitrogens with zero attached hydrogens (tertiary/aromatic N) is 2. The molecule has 0 saturated heterocycles. The van der Waals surface area contributed by atoms with Gasteiger partial charge in [-0.3, -0.25) is 0 Å². The third-order valence-corrected chi connectivity index (χ3v) is 2.87. The van der Waals surface area contributed by atoms with Gasteiger partial charge < -0.3 is 5.32 Å². The van der Waals surface area contributed by atoms with E-state index in [1.54, 1.807) is 0 Å². The minimum atomic E-state index is 0.849. The van der Waals surface area contributed by atoms with Gasteiger partial charge in [-0.1, -0.05) is 30.3 Å². The summed E-state index contributed by atoms with van der Waals surface area (Å²) in [6, 6.07) is 18.0. The molecule has 0 aliphatic heterocycles. The number of para-hydroxylation sites is 1. The Kier molecular flexibility index (Phi) is 2.65. The lowest BCUT2D eigenvalue weighted by atomic mass is 10.1. The molecule has 0 aliphatic rings. The highest BCUT2D eigenvalue weighted by molar-refractivity contribution is 5.81. The van der Waals surface area contributed by atoms with Crippen molar-refractivity contribution in [3.05, 3.63) is 54.6 Å². The van der Waals surface area contributed by atoms with Gasteiger partial charge >= 0.3 is 0 Å². The Morgan fingerprint density at radius 3 is 2.50 bits per heavy atom. The van der Waals surface area contributed by atoms with Crippen molar-refractivity contribution in [3.63, 3.8) is 0 Å². The zero-order chi connectivity index (χ0) is 12.4. The molecule has 3 rings (SSSR count). The highest BCUT2D eigenvalue weighted by Crippen LogP contribution is 2.20. The fourth-order valence-corrected chi connectivity index (χ4v) is 1.93. The van der Waals surface area contributed by atoms with Crippen molar-refractivity contribution in [1.29, 1.82) is 0 Å². The predicted molar refractivity (Wildman–Crippen MR) is 74.5 cm³/mol. The SMILES string of the molecule is CNc1cccc(-c2ccc3ccccc3n2)n1. The molecule has 1 aromatic carbocycles. The Morgan fingerprint density at radius 1 is 0.778 bits per heavy atom. The number of nitrogens with one attached hydrogen (secondary N) is 1. The second-order valence-corrected chi connectivity index (χ2v) is 4.05. The standard InChI is InChI=1S/C15H13N3/c1-16-15-8-4-7-13(18-15)14-10-9-11-5-2-3-6-12(11)17-14/h2-10H,1H3,(H,16,18). The molecule has 2 aromatic heterocycles. The first-order valence-corrected chi connectivity index (χ1v) is 5.88. The first-order chi connectivity index (χ1) is 8.86. The summed E-state index contributed by atoms with van der Waals surface area (Å²) in [5.41, 5.74) is 2.77. The van der Waals surface area contributed by atoms with Crippen molar-refractivity contribution < 1.29 is 0 Å². The minimum Gasteiger partial charge on any atom is -0.373 e. The summed E-state index contributed by atoms with van der Waals surface area (Å²) in [7, 11) is 1.86. The van der Waals surface area contributed by atoms with E-state index in [2.05, 4.69) is 27.4 Å². The van der Waals surface area contributed by atoms with Crippen LogP contribution in [0.5, 0.6) is 0 Å². The molecule has 3 aromatic rings. The quantitative estimate of drug-likeness (QED) is 0.740. The number of anilines is 1. The number of fused-ring (bicyclic) bond motifs is 1. The molecule has 0 bridgehead atoms. The maximum atomic E-state index is 4.63. The van der Waals surface area contributed by atoms with Gasteiger partial charge in [0, 0.05) is 12.4 Å². The van der Waals surface area contributed by atoms with Crippen molar-refractivity contribution in [2.75, 3.05) is 12.4 Å². The van der Waals surface area contributed by atoms with Gasteiger partial charge in [0.25, 0.3) is 0 Å². The van der Waals surface area contributed by atoms with Crippen molar-refractivity contribution in [2.45, 2.75) is 0 Å². The van der Waals surface area contributed by atoms with Crippen LogP contribution in [-0.4, -0.2) is 17.0 Å². The molecule has 0 radical (unpaired) electrons. The minimum absolute atomic E-state index is 0.849. The molecule has 0 aliphatic carbocycles. The van der Waals surface area contributed by atoms with Crippen molar-refractivity contribution in [1.82, 2.24) is 9.97 Å². The van der Waals surface area contributed by atoms with Crippen LogP contribution in [-0.2, 0) is 0 Å². The fourth-order valence-electron chi connectivity index (χ4n) is 1.93. The lowest BCUT2D eigenvalue weighted by Crippen LogP contribution is -1.94. The van der Waals surface area contributed by atoms with E-state index < -0.39 is 0 Å². The number of hydrogen-bond acceptors (Lipinski definition) is 3. The first-order valence-electron chi connectivity index (χ1n) is 5.88. The molecule has 0 spiro atoms. The van der Waals surface area contributed by atoms with Crippen LogP contribution in [0.25, 0.3) is 22.3 Å². The van der Waals surface area contributed by atoms with E-state index in [1.165, 1.54) is 0 Å². The summed E-state index contributed by atoms with van der Waals surface area (Å²) in [6.07, 6.45) is 0. The first kappa shape index (κ1) is 10.7. The molecule has 0 amide bonds. The van der Waals surface area contributed by atoms with Crippen LogP contribution >= 0.6 is 0 Å². The number of benzene rings is 1. The van der Waals surface area contributed by atoms with Gasteiger partial charge in [0.05, 0.1) is 16.9 Å². The predicted octanol–water partition coefficient (Wildman–Crippen LogP) is 3.34. The molecule has 0 fully saturated rings. The molecule has 18 heavy (non-hydrogen) atoms. The van der Waals surface area contributed by atoms with Crippen molar-refractivity contribution in [3.8, 4) is 11.4 Å². The van der Waals surface area contributed by atoms with Gasteiger partial charge in [0.1, 0.15) is 5.82 Å². The summed E-state index contributed by atoms with van der Waals surface area (Å²) < 4.78 is 0. The van der Waals surface area contributed by atoms with E-state index in [-0.39, 0.29) is 0 Å².